The molecule has 2 aliphatic rings. The molecular weight excluding hydrogens is 456 g/mol. The zero-order valence-corrected chi connectivity index (χ0v) is 21.7. The standard InChI is InChI=1S/C25H38N2O6S/c1-16-12-17(2)15-27(14-16)34(30,31)23-13-20(10-11-22(23)32-5)25(29)33-19(4)24(28)26-21-9-7-6-8-18(21)3/h10-11,13,16-19,21H,6-9,12,14-15H2,1-5H3,(H,26,28). The first kappa shape index (κ1) is 26.5. The maximum atomic E-state index is 13.4. The second kappa shape index (κ2) is 11.1. The second-order valence-corrected chi connectivity index (χ2v) is 12.0. The summed E-state index contributed by atoms with van der Waals surface area (Å²) < 4.78 is 39.0. The molecule has 5 atom stereocenters. The van der Waals surface area contributed by atoms with Crippen molar-refractivity contribution >= 4 is 21.9 Å². The van der Waals surface area contributed by atoms with E-state index in [-0.39, 0.29) is 40.0 Å². The number of carbonyl (C=O) groups is 2. The molecule has 8 nitrogen and oxygen atoms in total. The Balaban J connectivity index is 1.75. The van der Waals surface area contributed by atoms with Gasteiger partial charge in [-0.2, -0.15) is 4.31 Å². The molecule has 9 heteroatoms. The highest BCUT2D eigenvalue weighted by atomic mass is 32.2. The SMILES string of the molecule is COc1ccc(C(=O)OC(C)C(=O)NC2CCCCC2C)cc1S(=O)(=O)N1CC(C)CC(C)C1. The molecule has 1 aliphatic heterocycles. The van der Waals surface area contributed by atoms with Crippen molar-refractivity contribution in [2.45, 2.75) is 76.8 Å². The number of methoxy groups -OCH3 is 1. The van der Waals surface area contributed by atoms with E-state index in [4.69, 9.17) is 9.47 Å². The summed E-state index contributed by atoms with van der Waals surface area (Å²) in [5, 5.41) is 2.99. The fraction of sp³-hybridized carbons (Fsp3) is 0.680. The molecule has 1 saturated carbocycles. The molecule has 1 amide bonds. The summed E-state index contributed by atoms with van der Waals surface area (Å²) in [4.78, 5) is 25.4. The molecule has 3 rings (SSSR count). The van der Waals surface area contributed by atoms with Crippen molar-refractivity contribution in [1.29, 1.82) is 0 Å². The van der Waals surface area contributed by atoms with E-state index in [2.05, 4.69) is 12.2 Å². The van der Waals surface area contributed by atoms with Crippen molar-refractivity contribution in [2.75, 3.05) is 20.2 Å². The van der Waals surface area contributed by atoms with Crippen molar-refractivity contribution < 1.29 is 27.5 Å². The van der Waals surface area contributed by atoms with Crippen molar-refractivity contribution in [2.24, 2.45) is 17.8 Å². The Morgan fingerprint density at radius 1 is 1.09 bits per heavy atom. The average molecular weight is 495 g/mol. The van der Waals surface area contributed by atoms with Gasteiger partial charge in [-0.1, -0.05) is 33.6 Å². The Kier molecular flexibility index (Phi) is 8.62. The first-order valence-electron chi connectivity index (χ1n) is 12.2. The van der Waals surface area contributed by atoms with Gasteiger partial charge >= 0.3 is 5.97 Å². The molecule has 0 aromatic heterocycles. The van der Waals surface area contributed by atoms with E-state index in [0.717, 1.165) is 32.1 Å². The summed E-state index contributed by atoms with van der Waals surface area (Å²) in [5.74, 6) is -0.0638. The Morgan fingerprint density at radius 3 is 2.35 bits per heavy atom. The molecule has 0 radical (unpaired) electrons. The number of rotatable bonds is 7. The lowest BCUT2D eigenvalue weighted by Crippen LogP contribution is -2.46. The largest absolute Gasteiger partial charge is 0.495 e. The zero-order chi connectivity index (χ0) is 25.0. The molecule has 2 fully saturated rings. The van der Waals surface area contributed by atoms with Crippen LogP contribution in [0.4, 0.5) is 0 Å². The number of hydrogen-bond donors (Lipinski definition) is 1. The minimum Gasteiger partial charge on any atom is -0.495 e. The van der Waals surface area contributed by atoms with Crippen molar-refractivity contribution in [3.8, 4) is 5.75 Å². The molecule has 1 heterocycles. The fourth-order valence-corrected chi connectivity index (χ4v) is 6.92. The summed E-state index contributed by atoms with van der Waals surface area (Å²) in [6.07, 6.45) is 4.19. The van der Waals surface area contributed by atoms with E-state index in [9.17, 15) is 18.0 Å². The van der Waals surface area contributed by atoms with Crippen LogP contribution in [0.3, 0.4) is 0 Å². The van der Waals surface area contributed by atoms with Gasteiger partial charge < -0.3 is 14.8 Å². The van der Waals surface area contributed by atoms with Crippen LogP contribution in [0.2, 0.25) is 0 Å². The third-order valence-corrected chi connectivity index (χ3v) is 8.80. The number of nitrogens with zero attached hydrogens (tertiary/aromatic N) is 1. The van der Waals surface area contributed by atoms with Crippen LogP contribution >= 0.6 is 0 Å². The van der Waals surface area contributed by atoms with Gasteiger partial charge in [0.1, 0.15) is 10.6 Å². The second-order valence-electron chi connectivity index (χ2n) is 10.1. The van der Waals surface area contributed by atoms with Gasteiger partial charge in [0.15, 0.2) is 6.10 Å². The average Bonchev–Trinajstić information content (AvgIpc) is 2.79. The van der Waals surface area contributed by atoms with Crippen molar-refractivity contribution in [1.82, 2.24) is 9.62 Å². The highest BCUT2D eigenvalue weighted by Crippen LogP contribution is 2.32. The first-order valence-corrected chi connectivity index (χ1v) is 13.7. The lowest BCUT2D eigenvalue weighted by Gasteiger charge is -2.34. The lowest BCUT2D eigenvalue weighted by molar-refractivity contribution is -0.130. The van der Waals surface area contributed by atoms with Crippen LogP contribution < -0.4 is 10.1 Å². The molecule has 1 aromatic rings. The van der Waals surface area contributed by atoms with Gasteiger partial charge in [0, 0.05) is 19.1 Å². The van der Waals surface area contributed by atoms with E-state index in [1.807, 2.05) is 13.8 Å². The van der Waals surface area contributed by atoms with Crippen LogP contribution in [0.15, 0.2) is 23.1 Å². The molecule has 0 spiro atoms. The number of sulfonamides is 1. The van der Waals surface area contributed by atoms with E-state index in [1.54, 1.807) is 0 Å². The van der Waals surface area contributed by atoms with Gasteiger partial charge in [0.2, 0.25) is 10.0 Å². The number of esters is 1. The Hall–Kier alpha value is -2.13. The minimum atomic E-state index is -3.88. The molecular formula is C25H38N2O6S. The third-order valence-electron chi connectivity index (χ3n) is 6.94. The Labute approximate surface area is 203 Å². The maximum absolute atomic E-state index is 13.4. The molecule has 1 saturated heterocycles. The minimum absolute atomic E-state index is 0.0585. The van der Waals surface area contributed by atoms with Crippen molar-refractivity contribution in [3.63, 3.8) is 0 Å². The number of hydrogen-bond acceptors (Lipinski definition) is 6. The van der Waals surface area contributed by atoms with Crippen LogP contribution in [0.25, 0.3) is 0 Å². The highest BCUT2D eigenvalue weighted by molar-refractivity contribution is 7.89. The van der Waals surface area contributed by atoms with Crippen LogP contribution in [0, 0.1) is 17.8 Å². The van der Waals surface area contributed by atoms with Crippen LogP contribution in [0.5, 0.6) is 5.75 Å². The van der Waals surface area contributed by atoms with E-state index in [1.165, 1.54) is 36.5 Å². The lowest BCUT2D eigenvalue weighted by atomic mass is 9.86. The Bertz CT molecular complexity index is 985. The number of piperidine rings is 1. The van der Waals surface area contributed by atoms with Gasteiger partial charge in [-0.25, -0.2) is 13.2 Å². The number of amides is 1. The third kappa shape index (κ3) is 6.10. The quantitative estimate of drug-likeness (QED) is 0.581. The molecule has 34 heavy (non-hydrogen) atoms. The Morgan fingerprint density at radius 2 is 1.74 bits per heavy atom. The van der Waals surface area contributed by atoms with Crippen LogP contribution in [-0.4, -0.2) is 56.9 Å². The predicted octanol–water partition coefficient (Wildman–Crippen LogP) is 3.60. The van der Waals surface area contributed by atoms with Crippen LogP contribution in [-0.2, 0) is 19.6 Å². The van der Waals surface area contributed by atoms with Gasteiger partial charge in [-0.05, 0) is 62.1 Å². The monoisotopic (exact) mass is 494 g/mol. The van der Waals surface area contributed by atoms with Crippen molar-refractivity contribution in [3.05, 3.63) is 23.8 Å². The van der Waals surface area contributed by atoms with E-state index >= 15 is 0 Å². The van der Waals surface area contributed by atoms with Crippen LogP contribution in [0.1, 0.15) is 70.2 Å². The highest BCUT2D eigenvalue weighted by Gasteiger charge is 2.34. The number of ether oxygens (including phenoxy) is 2. The predicted molar refractivity (Wildman–Crippen MR) is 129 cm³/mol. The van der Waals surface area contributed by atoms with E-state index < -0.39 is 22.1 Å². The number of benzene rings is 1. The maximum Gasteiger partial charge on any atom is 0.338 e. The molecule has 5 unspecified atom stereocenters. The summed E-state index contributed by atoms with van der Waals surface area (Å²) in [6.45, 7) is 8.54. The number of nitrogens with one attached hydrogen (secondary N) is 1. The first-order chi connectivity index (χ1) is 16.0. The van der Waals surface area contributed by atoms with Gasteiger partial charge in [-0.3, -0.25) is 4.79 Å². The van der Waals surface area contributed by atoms with Gasteiger partial charge in [0.05, 0.1) is 12.7 Å². The van der Waals surface area contributed by atoms with Gasteiger partial charge in [-0.15, -0.1) is 0 Å². The normalized spacial score (nSPS) is 27.0. The smallest absolute Gasteiger partial charge is 0.338 e. The molecule has 0 bridgehead atoms. The number of carbonyl (C=O) groups excluding carboxylic acids is 2. The zero-order valence-electron chi connectivity index (χ0n) is 20.9. The topological polar surface area (TPSA) is 102 Å². The summed E-state index contributed by atoms with van der Waals surface area (Å²) in [6, 6.07) is 4.27. The summed E-state index contributed by atoms with van der Waals surface area (Å²) in [7, 11) is -2.48. The molecule has 1 N–H and O–H groups in total. The van der Waals surface area contributed by atoms with E-state index in [0.29, 0.717) is 19.0 Å². The van der Waals surface area contributed by atoms with Gasteiger partial charge in [0.25, 0.3) is 5.91 Å². The molecule has 1 aromatic carbocycles. The fourth-order valence-electron chi connectivity index (χ4n) is 5.06. The molecule has 190 valence electrons. The summed E-state index contributed by atoms with van der Waals surface area (Å²) >= 11 is 0. The summed E-state index contributed by atoms with van der Waals surface area (Å²) in [5.41, 5.74) is 0.0585. The molecule has 1 aliphatic carbocycles.